The number of aryl methyl sites for hydroxylation is 2. The summed E-state index contributed by atoms with van der Waals surface area (Å²) in [5.41, 5.74) is 4.88. The van der Waals surface area contributed by atoms with Crippen molar-refractivity contribution in [3.8, 4) is 0 Å². The largest absolute Gasteiger partial charge is 1.00 e. The van der Waals surface area contributed by atoms with E-state index < -0.39 is 0 Å². The number of carbonyl (C=O) groups excluding carboxylic acids is 1. The molecule has 2 N–H and O–H groups in total. The van der Waals surface area contributed by atoms with E-state index in [0.29, 0.717) is 13.0 Å². The van der Waals surface area contributed by atoms with E-state index in [0.717, 1.165) is 24.9 Å². The SMILES string of the molecule is CCOC(c1ccccc1)C(C)[NH2+]CCC(=O)c1ccc2c(c1)CCCC2.[Cl-]. The Morgan fingerprint density at radius 3 is 2.50 bits per heavy atom. The van der Waals surface area contributed by atoms with Gasteiger partial charge in [0.2, 0.25) is 0 Å². The molecule has 2 atom stereocenters. The zero-order valence-electron chi connectivity index (χ0n) is 17.0. The molecule has 1 aliphatic rings. The maximum atomic E-state index is 12.6. The van der Waals surface area contributed by atoms with Crippen LogP contribution in [0.2, 0.25) is 0 Å². The lowest BCUT2D eigenvalue weighted by atomic mass is 9.89. The molecule has 0 aliphatic heterocycles. The highest BCUT2D eigenvalue weighted by atomic mass is 35.5. The molecule has 2 aromatic rings. The summed E-state index contributed by atoms with van der Waals surface area (Å²) in [5, 5.41) is 2.24. The summed E-state index contributed by atoms with van der Waals surface area (Å²) in [4.78, 5) is 12.6. The molecule has 3 nitrogen and oxygen atoms in total. The minimum absolute atomic E-state index is 0. The fraction of sp³-hybridized carbons (Fsp3) is 0.458. The smallest absolute Gasteiger partial charge is 0.168 e. The maximum absolute atomic E-state index is 12.6. The van der Waals surface area contributed by atoms with Crippen molar-refractivity contribution in [2.75, 3.05) is 13.2 Å². The zero-order valence-corrected chi connectivity index (χ0v) is 17.8. The van der Waals surface area contributed by atoms with Crippen molar-refractivity contribution in [1.29, 1.82) is 0 Å². The minimum Gasteiger partial charge on any atom is -1.00 e. The third-order valence-corrected chi connectivity index (χ3v) is 5.53. The fourth-order valence-electron chi connectivity index (χ4n) is 4.03. The van der Waals surface area contributed by atoms with E-state index >= 15 is 0 Å². The molecule has 0 fully saturated rings. The Labute approximate surface area is 175 Å². The van der Waals surface area contributed by atoms with Crippen LogP contribution in [0.25, 0.3) is 0 Å². The van der Waals surface area contributed by atoms with Crippen LogP contribution in [0.4, 0.5) is 0 Å². The summed E-state index contributed by atoms with van der Waals surface area (Å²) >= 11 is 0. The van der Waals surface area contributed by atoms with Crippen LogP contribution in [0.5, 0.6) is 0 Å². The van der Waals surface area contributed by atoms with E-state index in [1.165, 1.54) is 29.5 Å². The highest BCUT2D eigenvalue weighted by Gasteiger charge is 2.22. The quantitative estimate of drug-likeness (QED) is 0.634. The first kappa shape index (κ1) is 22.6. The summed E-state index contributed by atoms with van der Waals surface area (Å²) in [7, 11) is 0. The van der Waals surface area contributed by atoms with Gasteiger partial charge in [-0.3, -0.25) is 4.79 Å². The Hall–Kier alpha value is -1.68. The van der Waals surface area contributed by atoms with Gasteiger partial charge in [-0.1, -0.05) is 42.5 Å². The van der Waals surface area contributed by atoms with Gasteiger partial charge in [0, 0.05) is 12.2 Å². The van der Waals surface area contributed by atoms with Crippen molar-refractivity contribution in [3.63, 3.8) is 0 Å². The van der Waals surface area contributed by atoms with E-state index in [2.05, 4.69) is 36.5 Å². The number of carbonyl (C=O) groups is 1. The number of hydrogen-bond acceptors (Lipinski definition) is 2. The number of nitrogens with two attached hydrogens (primary N) is 1. The van der Waals surface area contributed by atoms with Crippen LogP contribution < -0.4 is 17.7 Å². The van der Waals surface area contributed by atoms with Crippen LogP contribution >= 0.6 is 0 Å². The Morgan fingerprint density at radius 2 is 1.79 bits per heavy atom. The number of ketones is 1. The molecule has 3 rings (SSSR count). The van der Waals surface area contributed by atoms with Gasteiger partial charge in [0.1, 0.15) is 12.1 Å². The molecular formula is C24H32ClNO2. The van der Waals surface area contributed by atoms with Crippen molar-refractivity contribution >= 4 is 5.78 Å². The molecule has 0 amide bonds. The van der Waals surface area contributed by atoms with Gasteiger partial charge in [-0.15, -0.1) is 0 Å². The highest BCUT2D eigenvalue weighted by molar-refractivity contribution is 5.96. The van der Waals surface area contributed by atoms with Gasteiger partial charge in [0.05, 0.1) is 13.0 Å². The first-order valence-electron chi connectivity index (χ1n) is 10.3. The maximum Gasteiger partial charge on any atom is 0.168 e. The van der Waals surface area contributed by atoms with Crippen LogP contribution in [0.3, 0.4) is 0 Å². The van der Waals surface area contributed by atoms with Gasteiger partial charge < -0.3 is 22.5 Å². The summed E-state index contributed by atoms with van der Waals surface area (Å²) in [6.45, 7) is 5.68. The fourth-order valence-corrected chi connectivity index (χ4v) is 4.03. The molecular weight excluding hydrogens is 370 g/mol. The molecule has 2 unspecified atom stereocenters. The van der Waals surface area contributed by atoms with Gasteiger partial charge in [-0.05, 0) is 62.3 Å². The average Bonchev–Trinajstić information content (AvgIpc) is 2.72. The number of quaternary nitrogens is 1. The molecule has 2 aromatic carbocycles. The second-order valence-corrected chi connectivity index (χ2v) is 7.53. The number of halogens is 1. The van der Waals surface area contributed by atoms with Crippen LogP contribution in [-0.2, 0) is 17.6 Å². The summed E-state index contributed by atoms with van der Waals surface area (Å²) in [6.07, 6.45) is 5.41. The van der Waals surface area contributed by atoms with Crippen LogP contribution in [0.1, 0.15) is 66.3 Å². The molecule has 28 heavy (non-hydrogen) atoms. The normalized spacial score (nSPS) is 15.2. The third-order valence-electron chi connectivity index (χ3n) is 5.53. The molecule has 0 saturated heterocycles. The van der Waals surface area contributed by atoms with Crippen molar-refractivity contribution in [2.24, 2.45) is 0 Å². The van der Waals surface area contributed by atoms with Crippen LogP contribution in [0, 0.1) is 0 Å². The first-order chi connectivity index (χ1) is 13.2. The first-order valence-corrected chi connectivity index (χ1v) is 10.3. The van der Waals surface area contributed by atoms with E-state index in [1.54, 1.807) is 0 Å². The van der Waals surface area contributed by atoms with Crippen molar-refractivity contribution < 1.29 is 27.3 Å². The second kappa shape index (κ2) is 11.4. The Bertz CT molecular complexity index is 748. The molecule has 0 saturated carbocycles. The molecule has 1 aliphatic carbocycles. The van der Waals surface area contributed by atoms with Gasteiger partial charge in [0.15, 0.2) is 5.78 Å². The highest BCUT2D eigenvalue weighted by Crippen LogP contribution is 2.23. The standard InChI is InChI=1S/C24H31NO2.ClH/c1-3-27-24(20-10-5-4-6-11-20)18(2)25-16-15-23(26)22-14-13-19-9-7-8-12-21(19)17-22;/h4-6,10-11,13-14,17-18,24-25H,3,7-9,12,15-16H2,1-2H3;1H. The van der Waals surface area contributed by atoms with Gasteiger partial charge in [-0.2, -0.15) is 0 Å². The van der Waals surface area contributed by atoms with E-state index in [-0.39, 0.29) is 30.3 Å². The van der Waals surface area contributed by atoms with Crippen molar-refractivity contribution in [2.45, 2.75) is 58.1 Å². The molecule has 0 spiro atoms. The van der Waals surface area contributed by atoms with Crippen molar-refractivity contribution in [1.82, 2.24) is 0 Å². The van der Waals surface area contributed by atoms with Gasteiger partial charge >= 0.3 is 0 Å². The third kappa shape index (κ3) is 5.91. The number of benzene rings is 2. The Balaban J connectivity index is 0.00000280. The Kier molecular flexibility index (Phi) is 9.17. The predicted molar refractivity (Wildman–Crippen MR) is 109 cm³/mol. The number of ether oxygens (including phenoxy) is 1. The number of hydrogen-bond donors (Lipinski definition) is 1. The lowest BCUT2D eigenvalue weighted by Crippen LogP contribution is -3.00. The summed E-state index contributed by atoms with van der Waals surface area (Å²) in [5.74, 6) is 0.250. The molecule has 4 heteroatoms. The number of Topliss-reactive ketones (excluding diaryl/α,β-unsaturated/α-hetero) is 1. The second-order valence-electron chi connectivity index (χ2n) is 7.53. The monoisotopic (exact) mass is 401 g/mol. The number of rotatable bonds is 9. The topological polar surface area (TPSA) is 42.9 Å². The predicted octanol–water partition coefficient (Wildman–Crippen LogP) is 0.872. The van der Waals surface area contributed by atoms with E-state index in [4.69, 9.17) is 4.74 Å². The molecule has 0 heterocycles. The lowest BCUT2D eigenvalue weighted by Gasteiger charge is -2.22. The Morgan fingerprint density at radius 1 is 1.07 bits per heavy atom. The molecule has 0 radical (unpaired) electrons. The zero-order chi connectivity index (χ0) is 19.1. The van der Waals surface area contributed by atoms with E-state index in [9.17, 15) is 4.79 Å². The minimum atomic E-state index is 0. The van der Waals surface area contributed by atoms with Gasteiger partial charge in [-0.25, -0.2) is 0 Å². The summed E-state index contributed by atoms with van der Waals surface area (Å²) in [6, 6.07) is 16.9. The lowest BCUT2D eigenvalue weighted by molar-refractivity contribution is -0.693. The van der Waals surface area contributed by atoms with Crippen LogP contribution in [-0.4, -0.2) is 25.0 Å². The van der Waals surface area contributed by atoms with Gasteiger partial charge in [0.25, 0.3) is 0 Å². The van der Waals surface area contributed by atoms with Crippen molar-refractivity contribution in [3.05, 3.63) is 70.8 Å². The molecule has 0 bridgehead atoms. The molecule has 0 aromatic heterocycles. The molecule has 152 valence electrons. The van der Waals surface area contributed by atoms with Crippen LogP contribution in [0.15, 0.2) is 48.5 Å². The summed E-state index contributed by atoms with van der Waals surface area (Å²) < 4.78 is 5.98. The average molecular weight is 402 g/mol. The van der Waals surface area contributed by atoms with E-state index in [1.807, 2.05) is 31.2 Å². The number of fused-ring (bicyclic) bond motifs is 1.